The van der Waals surface area contributed by atoms with Crippen LogP contribution in [-0.2, 0) is 28.9 Å². The smallest absolute Gasteiger partial charge is 0.305 e. The fraction of sp³-hybridized carbons (Fsp3) is 0.310. The number of benzene rings is 3. The molecule has 0 spiro atoms. The SMILES string of the molecule is COC(=O)CCc1cc(OC)c2c(c1)N(c1cccc3c1CCN(Cc1ccc(OC)cc1)C3=O)NN2C. The van der Waals surface area contributed by atoms with Crippen molar-refractivity contribution in [2.75, 3.05) is 44.9 Å². The summed E-state index contributed by atoms with van der Waals surface area (Å²) >= 11 is 0. The second kappa shape index (κ2) is 10.6. The van der Waals surface area contributed by atoms with Gasteiger partial charge in [0.05, 0.1) is 32.7 Å². The van der Waals surface area contributed by atoms with Gasteiger partial charge in [0.25, 0.3) is 5.91 Å². The van der Waals surface area contributed by atoms with Gasteiger partial charge in [0.2, 0.25) is 0 Å². The Labute approximate surface area is 222 Å². The number of hydrazine groups is 2. The lowest BCUT2D eigenvalue weighted by Crippen LogP contribution is -2.41. The Kier molecular flexibility index (Phi) is 7.11. The van der Waals surface area contributed by atoms with Crippen LogP contribution in [0.3, 0.4) is 0 Å². The maximum Gasteiger partial charge on any atom is 0.305 e. The first-order valence-corrected chi connectivity index (χ1v) is 12.6. The number of aryl methyl sites for hydroxylation is 1. The number of amides is 1. The molecule has 0 fully saturated rings. The van der Waals surface area contributed by atoms with Gasteiger partial charge in [-0.05, 0) is 65.9 Å². The van der Waals surface area contributed by atoms with Crippen molar-refractivity contribution < 1.29 is 23.8 Å². The minimum absolute atomic E-state index is 0.0149. The zero-order valence-corrected chi connectivity index (χ0v) is 22.1. The predicted molar refractivity (Wildman–Crippen MR) is 145 cm³/mol. The number of nitrogens with zero attached hydrogens (tertiary/aromatic N) is 3. The lowest BCUT2D eigenvalue weighted by atomic mass is 9.96. The van der Waals surface area contributed by atoms with Crippen LogP contribution in [0, 0.1) is 0 Å². The van der Waals surface area contributed by atoms with Crippen LogP contribution in [0.15, 0.2) is 54.6 Å². The molecule has 0 saturated heterocycles. The number of anilines is 3. The molecule has 0 atom stereocenters. The molecule has 9 nitrogen and oxygen atoms in total. The van der Waals surface area contributed by atoms with Crippen molar-refractivity contribution in [3.63, 3.8) is 0 Å². The van der Waals surface area contributed by atoms with Crippen LogP contribution in [0.5, 0.6) is 11.5 Å². The molecule has 2 aliphatic rings. The highest BCUT2D eigenvalue weighted by atomic mass is 16.5. The summed E-state index contributed by atoms with van der Waals surface area (Å²) in [6.45, 7) is 1.16. The maximum absolute atomic E-state index is 13.5. The van der Waals surface area contributed by atoms with Crippen LogP contribution in [-0.4, -0.2) is 51.7 Å². The molecule has 0 aliphatic carbocycles. The van der Waals surface area contributed by atoms with Gasteiger partial charge in [0.1, 0.15) is 17.2 Å². The highest BCUT2D eigenvalue weighted by Crippen LogP contribution is 2.46. The normalized spacial score (nSPS) is 14.3. The van der Waals surface area contributed by atoms with Gasteiger partial charge in [0.15, 0.2) is 0 Å². The number of hydrogen-bond acceptors (Lipinski definition) is 8. The molecule has 2 aliphatic heterocycles. The molecule has 3 aromatic carbocycles. The maximum atomic E-state index is 13.5. The average Bonchev–Trinajstić information content (AvgIpc) is 3.28. The Morgan fingerprint density at radius 1 is 0.974 bits per heavy atom. The van der Waals surface area contributed by atoms with E-state index < -0.39 is 0 Å². The first kappa shape index (κ1) is 25.4. The standard InChI is InChI=1S/C29H32N4O5/c1-31-28-25(16-20(17-26(28)37-3)10-13-27(34)38-4)33(30-31)24-7-5-6-23-22(24)14-15-32(29(23)35)18-19-8-11-21(36-2)12-9-19/h5-9,11-12,16-17,30H,10,13-15,18H2,1-4H3. The number of fused-ring (bicyclic) bond motifs is 2. The van der Waals surface area contributed by atoms with Crippen molar-refractivity contribution in [2.45, 2.75) is 25.8 Å². The van der Waals surface area contributed by atoms with Crippen LogP contribution in [0.25, 0.3) is 0 Å². The minimum Gasteiger partial charge on any atom is -0.497 e. The monoisotopic (exact) mass is 516 g/mol. The summed E-state index contributed by atoms with van der Waals surface area (Å²) in [5.74, 6) is 1.25. The average molecular weight is 517 g/mol. The molecule has 2 heterocycles. The fourth-order valence-corrected chi connectivity index (χ4v) is 5.11. The number of rotatable bonds is 8. The predicted octanol–water partition coefficient (Wildman–Crippen LogP) is 4.02. The number of methoxy groups -OCH3 is 3. The Morgan fingerprint density at radius 3 is 2.47 bits per heavy atom. The first-order valence-electron chi connectivity index (χ1n) is 12.6. The molecule has 0 radical (unpaired) electrons. The molecule has 1 amide bonds. The Bertz CT molecular complexity index is 1360. The summed E-state index contributed by atoms with van der Waals surface area (Å²) in [7, 11) is 6.59. The van der Waals surface area contributed by atoms with Gasteiger partial charge < -0.3 is 19.1 Å². The zero-order valence-electron chi connectivity index (χ0n) is 22.1. The largest absolute Gasteiger partial charge is 0.497 e. The number of esters is 1. The van der Waals surface area contributed by atoms with Gasteiger partial charge in [-0.1, -0.05) is 18.2 Å². The molecule has 5 rings (SSSR count). The van der Waals surface area contributed by atoms with E-state index in [1.807, 2.05) is 70.5 Å². The van der Waals surface area contributed by atoms with Gasteiger partial charge >= 0.3 is 5.97 Å². The topological polar surface area (TPSA) is 83.6 Å². The van der Waals surface area contributed by atoms with Crippen LogP contribution in [0.4, 0.5) is 17.1 Å². The summed E-state index contributed by atoms with van der Waals surface area (Å²) in [4.78, 5) is 27.2. The molecule has 3 aromatic rings. The summed E-state index contributed by atoms with van der Waals surface area (Å²) in [6, 6.07) is 17.6. The van der Waals surface area contributed by atoms with Crippen LogP contribution < -0.4 is 25.0 Å². The molecule has 0 bridgehead atoms. The van der Waals surface area contributed by atoms with Gasteiger partial charge in [-0.2, -0.15) is 0 Å². The third-order valence-electron chi connectivity index (χ3n) is 7.08. The summed E-state index contributed by atoms with van der Waals surface area (Å²) in [5, 5.41) is 3.89. The third kappa shape index (κ3) is 4.72. The first-order chi connectivity index (χ1) is 18.4. The quantitative estimate of drug-likeness (QED) is 0.450. The van der Waals surface area contributed by atoms with Crippen molar-refractivity contribution in [3.05, 3.63) is 76.9 Å². The number of carbonyl (C=O) groups excluding carboxylic acids is 2. The van der Waals surface area contributed by atoms with E-state index in [0.29, 0.717) is 30.8 Å². The summed E-state index contributed by atoms with van der Waals surface area (Å²) in [6.07, 6.45) is 1.53. The van der Waals surface area contributed by atoms with Crippen molar-refractivity contribution in [1.29, 1.82) is 0 Å². The van der Waals surface area contributed by atoms with Gasteiger partial charge in [-0.15, -0.1) is 5.53 Å². The van der Waals surface area contributed by atoms with Gasteiger partial charge in [0, 0.05) is 32.1 Å². The van der Waals surface area contributed by atoms with E-state index >= 15 is 0 Å². The lowest BCUT2D eigenvalue weighted by Gasteiger charge is -2.32. The Morgan fingerprint density at radius 2 is 1.76 bits per heavy atom. The summed E-state index contributed by atoms with van der Waals surface area (Å²) in [5.41, 5.74) is 9.81. The molecular formula is C29H32N4O5. The number of nitrogens with one attached hydrogen (secondary N) is 1. The minimum atomic E-state index is -0.258. The fourth-order valence-electron chi connectivity index (χ4n) is 5.11. The second-order valence-electron chi connectivity index (χ2n) is 9.36. The molecule has 9 heteroatoms. The highest BCUT2D eigenvalue weighted by Gasteiger charge is 2.33. The molecule has 0 unspecified atom stereocenters. The highest BCUT2D eigenvalue weighted by molar-refractivity contribution is 5.99. The zero-order chi connectivity index (χ0) is 26.8. The van der Waals surface area contributed by atoms with E-state index in [9.17, 15) is 9.59 Å². The van der Waals surface area contributed by atoms with Crippen molar-refractivity contribution in [3.8, 4) is 11.5 Å². The van der Waals surface area contributed by atoms with E-state index in [1.165, 1.54) is 7.11 Å². The van der Waals surface area contributed by atoms with E-state index in [1.54, 1.807) is 14.2 Å². The molecule has 198 valence electrons. The van der Waals surface area contributed by atoms with Gasteiger partial charge in [-0.3, -0.25) is 19.6 Å². The number of hydrogen-bond donors (Lipinski definition) is 1. The summed E-state index contributed by atoms with van der Waals surface area (Å²) < 4.78 is 15.8. The van der Waals surface area contributed by atoms with E-state index in [2.05, 4.69) is 11.6 Å². The Balaban J connectivity index is 1.45. The molecular weight excluding hydrogens is 484 g/mol. The van der Waals surface area contributed by atoms with Crippen molar-refractivity contribution >= 4 is 28.9 Å². The van der Waals surface area contributed by atoms with E-state index in [-0.39, 0.29) is 18.3 Å². The molecule has 1 N–H and O–H groups in total. The lowest BCUT2D eigenvalue weighted by molar-refractivity contribution is -0.140. The number of carbonyl (C=O) groups is 2. The van der Waals surface area contributed by atoms with E-state index in [0.717, 1.165) is 45.9 Å². The van der Waals surface area contributed by atoms with Crippen molar-refractivity contribution in [1.82, 2.24) is 10.4 Å². The van der Waals surface area contributed by atoms with Crippen LogP contribution >= 0.6 is 0 Å². The van der Waals surface area contributed by atoms with Crippen LogP contribution in [0.2, 0.25) is 0 Å². The molecule has 38 heavy (non-hydrogen) atoms. The van der Waals surface area contributed by atoms with Crippen molar-refractivity contribution in [2.24, 2.45) is 0 Å². The third-order valence-corrected chi connectivity index (χ3v) is 7.08. The molecule has 0 saturated carbocycles. The number of ether oxygens (including phenoxy) is 3. The van der Waals surface area contributed by atoms with E-state index in [4.69, 9.17) is 14.2 Å². The second-order valence-corrected chi connectivity index (χ2v) is 9.36. The Hall–Kier alpha value is -4.24. The van der Waals surface area contributed by atoms with Gasteiger partial charge in [-0.25, -0.2) is 0 Å². The molecule has 0 aromatic heterocycles. The van der Waals surface area contributed by atoms with Crippen LogP contribution in [0.1, 0.15) is 33.5 Å².